The topological polar surface area (TPSA) is 78.4 Å². The van der Waals surface area contributed by atoms with Crippen molar-refractivity contribution in [2.24, 2.45) is 5.92 Å². The number of carbonyl (C=O) groups is 2. The minimum Gasteiger partial charge on any atom is -0.480 e. The third-order valence-corrected chi connectivity index (χ3v) is 4.29. The molecule has 1 aliphatic carbocycles. The van der Waals surface area contributed by atoms with Gasteiger partial charge >= 0.3 is 12.0 Å². The highest BCUT2D eigenvalue weighted by Gasteiger charge is 2.34. The van der Waals surface area contributed by atoms with Gasteiger partial charge in [-0.15, -0.1) is 0 Å². The van der Waals surface area contributed by atoms with Gasteiger partial charge in [0.2, 0.25) is 0 Å². The highest BCUT2D eigenvalue weighted by atomic mass is 16.4. The van der Waals surface area contributed by atoms with E-state index in [0.29, 0.717) is 18.8 Å². The highest BCUT2D eigenvalue weighted by molar-refractivity contribution is 5.85. The monoisotopic (exact) mass is 284 g/mol. The summed E-state index contributed by atoms with van der Waals surface area (Å²) in [6, 6.07) is -0.209. The summed E-state index contributed by atoms with van der Waals surface area (Å²) in [4.78, 5) is 23.4. The van der Waals surface area contributed by atoms with Crippen LogP contribution >= 0.6 is 0 Å². The molecule has 0 saturated heterocycles. The molecule has 3 atom stereocenters. The number of aliphatic carboxylic acids is 1. The number of hydrogen-bond acceptors (Lipinski definition) is 2. The molecular weight excluding hydrogens is 256 g/mol. The molecule has 5 heteroatoms. The fourth-order valence-electron chi connectivity index (χ4n) is 2.89. The highest BCUT2D eigenvalue weighted by Crippen LogP contribution is 2.23. The van der Waals surface area contributed by atoms with Crippen LogP contribution in [0.4, 0.5) is 4.79 Å². The Labute approximate surface area is 121 Å². The maximum atomic E-state index is 12.1. The van der Waals surface area contributed by atoms with E-state index in [4.69, 9.17) is 0 Å². The molecule has 0 heterocycles. The van der Waals surface area contributed by atoms with Gasteiger partial charge in [0.1, 0.15) is 5.54 Å². The summed E-state index contributed by atoms with van der Waals surface area (Å²) in [5.74, 6) is -0.533. The molecular formula is C15H28N2O3. The summed E-state index contributed by atoms with van der Waals surface area (Å²) < 4.78 is 0. The van der Waals surface area contributed by atoms with Gasteiger partial charge in [-0.1, -0.05) is 39.5 Å². The van der Waals surface area contributed by atoms with E-state index in [9.17, 15) is 14.7 Å². The van der Waals surface area contributed by atoms with Gasteiger partial charge in [-0.05, 0) is 32.1 Å². The van der Waals surface area contributed by atoms with Crippen molar-refractivity contribution in [2.45, 2.75) is 77.3 Å². The summed E-state index contributed by atoms with van der Waals surface area (Å²) >= 11 is 0. The first-order valence-corrected chi connectivity index (χ1v) is 7.71. The zero-order valence-corrected chi connectivity index (χ0v) is 12.9. The number of urea groups is 1. The van der Waals surface area contributed by atoms with E-state index >= 15 is 0 Å². The molecule has 0 aliphatic heterocycles. The molecule has 0 aromatic rings. The van der Waals surface area contributed by atoms with Crippen molar-refractivity contribution < 1.29 is 14.7 Å². The first kappa shape index (κ1) is 16.8. The van der Waals surface area contributed by atoms with E-state index in [2.05, 4.69) is 17.6 Å². The lowest BCUT2D eigenvalue weighted by Crippen LogP contribution is -2.57. The Morgan fingerprint density at radius 3 is 2.50 bits per heavy atom. The molecule has 116 valence electrons. The molecule has 3 unspecified atom stereocenters. The first-order valence-electron chi connectivity index (χ1n) is 7.71. The fraction of sp³-hybridized carbons (Fsp3) is 0.867. The van der Waals surface area contributed by atoms with Crippen LogP contribution in [0.1, 0.15) is 65.7 Å². The average Bonchev–Trinajstić information content (AvgIpc) is 2.55. The zero-order valence-electron chi connectivity index (χ0n) is 12.9. The Hall–Kier alpha value is -1.26. The summed E-state index contributed by atoms with van der Waals surface area (Å²) in [7, 11) is 0. The number of carbonyl (C=O) groups excluding carboxylic acids is 1. The Morgan fingerprint density at radius 2 is 1.90 bits per heavy atom. The maximum absolute atomic E-state index is 12.1. The molecule has 3 N–H and O–H groups in total. The molecule has 1 fully saturated rings. The SMILES string of the molecule is CCCC(C)(NC(=O)NC1CCCCCC1C)C(=O)O. The van der Waals surface area contributed by atoms with E-state index in [-0.39, 0.29) is 12.1 Å². The van der Waals surface area contributed by atoms with Crippen LogP contribution < -0.4 is 10.6 Å². The largest absolute Gasteiger partial charge is 0.480 e. The predicted octanol–water partition coefficient (Wildman–Crippen LogP) is 2.90. The Balaban J connectivity index is 2.58. The number of carboxylic acids is 1. The second kappa shape index (κ2) is 7.50. The maximum Gasteiger partial charge on any atom is 0.329 e. The molecule has 0 aromatic carbocycles. The average molecular weight is 284 g/mol. The standard InChI is InChI=1S/C15H28N2O3/c1-4-10-15(3,13(18)19)17-14(20)16-12-9-7-5-6-8-11(12)2/h11-12H,4-10H2,1-3H3,(H,18,19)(H2,16,17,20). The van der Waals surface area contributed by atoms with Crippen LogP contribution in [0, 0.1) is 5.92 Å². The van der Waals surface area contributed by atoms with Crippen LogP contribution in [0.15, 0.2) is 0 Å². The quantitative estimate of drug-likeness (QED) is 0.679. The van der Waals surface area contributed by atoms with Gasteiger partial charge in [0, 0.05) is 6.04 Å². The second-order valence-electron chi connectivity index (χ2n) is 6.21. The van der Waals surface area contributed by atoms with Gasteiger partial charge in [-0.25, -0.2) is 9.59 Å². The summed E-state index contributed by atoms with van der Waals surface area (Å²) in [5.41, 5.74) is -1.19. The summed E-state index contributed by atoms with van der Waals surface area (Å²) in [6.45, 7) is 5.63. The molecule has 0 spiro atoms. The van der Waals surface area contributed by atoms with E-state index in [1.807, 2.05) is 6.92 Å². The van der Waals surface area contributed by atoms with Gasteiger partial charge in [0.15, 0.2) is 0 Å². The number of amides is 2. The number of carboxylic acid groups (broad SMARTS) is 1. The van der Waals surface area contributed by atoms with Crippen LogP contribution in [-0.4, -0.2) is 28.7 Å². The smallest absolute Gasteiger partial charge is 0.329 e. The Bertz CT molecular complexity index is 346. The van der Waals surface area contributed by atoms with Crippen LogP contribution in [0.3, 0.4) is 0 Å². The van der Waals surface area contributed by atoms with Gasteiger partial charge in [0.05, 0.1) is 0 Å². The third-order valence-electron chi connectivity index (χ3n) is 4.29. The Kier molecular flexibility index (Phi) is 6.30. The lowest BCUT2D eigenvalue weighted by atomic mass is 9.95. The van der Waals surface area contributed by atoms with Crippen molar-refractivity contribution in [3.8, 4) is 0 Å². The fourth-order valence-corrected chi connectivity index (χ4v) is 2.89. The lowest BCUT2D eigenvalue weighted by molar-refractivity contribution is -0.144. The van der Waals surface area contributed by atoms with Crippen molar-refractivity contribution in [3.05, 3.63) is 0 Å². The van der Waals surface area contributed by atoms with Gasteiger partial charge in [-0.3, -0.25) is 0 Å². The van der Waals surface area contributed by atoms with Gasteiger partial charge in [-0.2, -0.15) is 0 Å². The number of hydrogen-bond donors (Lipinski definition) is 3. The molecule has 5 nitrogen and oxygen atoms in total. The van der Waals surface area contributed by atoms with Crippen LogP contribution in [0.2, 0.25) is 0 Å². The number of nitrogens with one attached hydrogen (secondary N) is 2. The van der Waals surface area contributed by atoms with E-state index < -0.39 is 11.5 Å². The van der Waals surface area contributed by atoms with Crippen LogP contribution in [-0.2, 0) is 4.79 Å². The molecule has 1 aliphatic rings. The van der Waals surface area contributed by atoms with Crippen molar-refractivity contribution in [3.63, 3.8) is 0 Å². The zero-order chi connectivity index (χ0) is 15.2. The van der Waals surface area contributed by atoms with E-state index in [0.717, 1.165) is 19.3 Å². The minimum atomic E-state index is -1.19. The van der Waals surface area contributed by atoms with Crippen molar-refractivity contribution in [1.29, 1.82) is 0 Å². The predicted molar refractivity (Wildman–Crippen MR) is 78.7 cm³/mol. The molecule has 0 aromatic heterocycles. The molecule has 2 amide bonds. The van der Waals surface area contributed by atoms with E-state index in [1.165, 1.54) is 12.8 Å². The van der Waals surface area contributed by atoms with Crippen LogP contribution in [0.5, 0.6) is 0 Å². The van der Waals surface area contributed by atoms with Crippen molar-refractivity contribution >= 4 is 12.0 Å². The lowest BCUT2D eigenvalue weighted by Gasteiger charge is -2.29. The van der Waals surface area contributed by atoms with Crippen molar-refractivity contribution in [2.75, 3.05) is 0 Å². The second-order valence-corrected chi connectivity index (χ2v) is 6.21. The number of rotatable bonds is 5. The normalized spacial score (nSPS) is 26.1. The van der Waals surface area contributed by atoms with Gasteiger partial charge < -0.3 is 15.7 Å². The van der Waals surface area contributed by atoms with Gasteiger partial charge in [0.25, 0.3) is 0 Å². The van der Waals surface area contributed by atoms with Crippen LogP contribution in [0.25, 0.3) is 0 Å². The van der Waals surface area contributed by atoms with Crippen molar-refractivity contribution in [1.82, 2.24) is 10.6 Å². The molecule has 0 bridgehead atoms. The molecule has 0 radical (unpaired) electrons. The molecule has 20 heavy (non-hydrogen) atoms. The Morgan fingerprint density at radius 1 is 1.25 bits per heavy atom. The van der Waals surface area contributed by atoms with E-state index in [1.54, 1.807) is 6.92 Å². The molecule has 1 rings (SSSR count). The first-order chi connectivity index (χ1) is 9.39. The summed E-state index contributed by atoms with van der Waals surface area (Å²) in [5, 5.41) is 14.9. The minimum absolute atomic E-state index is 0.150. The third kappa shape index (κ3) is 4.69. The molecule has 1 saturated carbocycles. The summed E-state index contributed by atoms with van der Waals surface area (Å²) in [6.07, 6.45) is 6.79.